The van der Waals surface area contributed by atoms with E-state index in [1.165, 1.54) is 11.1 Å². The van der Waals surface area contributed by atoms with Gasteiger partial charge in [0.05, 0.1) is 11.2 Å². The average molecular weight is 262 g/mol. The molecule has 2 aromatic carbocycles. The highest BCUT2D eigenvalue weighted by Crippen LogP contribution is 2.23. The molecule has 100 valence electrons. The van der Waals surface area contributed by atoms with Crippen LogP contribution in [0.4, 0.5) is 5.69 Å². The lowest BCUT2D eigenvalue weighted by Gasteiger charge is -1.99. The van der Waals surface area contributed by atoms with Gasteiger partial charge in [-0.2, -0.15) is 0 Å². The van der Waals surface area contributed by atoms with Gasteiger partial charge in [-0.3, -0.25) is 4.99 Å². The van der Waals surface area contributed by atoms with Crippen molar-refractivity contribution in [2.75, 3.05) is 0 Å². The van der Waals surface area contributed by atoms with E-state index >= 15 is 0 Å². The molecule has 2 nitrogen and oxygen atoms in total. The van der Waals surface area contributed by atoms with Gasteiger partial charge in [0, 0.05) is 22.9 Å². The number of fused-ring (bicyclic) bond motifs is 1. The Kier molecular flexibility index (Phi) is 3.38. The van der Waals surface area contributed by atoms with E-state index in [0.29, 0.717) is 5.92 Å². The van der Waals surface area contributed by atoms with Crippen molar-refractivity contribution in [3.63, 3.8) is 0 Å². The van der Waals surface area contributed by atoms with Crippen LogP contribution in [0.2, 0.25) is 0 Å². The summed E-state index contributed by atoms with van der Waals surface area (Å²) < 4.78 is 0. The maximum Gasteiger partial charge on any atom is 0.0629 e. The minimum absolute atomic E-state index is 0.501. The molecule has 2 heteroatoms. The van der Waals surface area contributed by atoms with Crippen LogP contribution in [0.25, 0.3) is 10.9 Å². The van der Waals surface area contributed by atoms with Gasteiger partial charge in [-0.1, -0.05) is 50.2 Å². The highest BCUT2D eigenvalue weighted by atomic mass is 14.7. The molecule has 0 amide bonds. The molecule has 0 atom stereocenters. The zero-order valence-corrected chi connectivity index (χ0v) is 11.8. The van der Waals surface area contributed by atoms with Gasteiger partial charge in [0.2, 0.25) is 0 Å². The molecule has 3 rings (SSSR count). The third-order valence-electron chi connectivity index (χ3n) is 3.44. The summed E-state index contributed by atoms with van der Waals surface area (Å²) in [5.41, 5.74) is 4.52. The van der Waals surface area contributed by atoms with Gasteiger partial charge in [-0.05, 0) is 24.1 Å². The minimum Gasteiger partial charge on any atom is -0.358 e. The number of aliphatic imine (C=N–C) groups is 1. The molecule has 0 spiro atoms. The summed E-state index contributed by atoms with van der Waals surface area (Å²) in [6.07, 6.45) is 1.93. The highest BCUT2D eigenvalue weighted by molar-refractivity contribution is 5.98. The molecule has 0 saturated carbocycles. The van der Waals surface area contributed by atoms with Gasteiger partial charge in [0.15, 0.2) is 0 Å². The van der Waals surface area contributed by atoms with Crippen molar-refractivity contribution >= 4 is 22.8 Å². The van der Waals surface area contributed by atoms with Crippen LogP contribution in [0.5, 0.6) is 0 Å². The summed E-state index contributed by atoms with van der Waals surface area (Å²) in [5.74, 6) is 0.501. The van der Waals surface area contributed by atoms with E-state index in [0.717, 1.165) is 16.8 Å². The van der Waals surface area contributed by atoms with Crippen LogP contribution in [-0.4, -0.2) is 11.2 Å². The van der Waals surface area contributed by atoms with E-state index in [9.17, 15) is 0 Å². The average Bonchev–Trinajstić information content (AvgIpc) is 2.91. The summed E-state index contributed by atoms with van der Waals surface area (Å²) in [4.78, 5) is 8.04. The van der Waals surface area contributed by atoms with Crippen molar-refractivity contribution in [3.8, 4) is 0 Å². The fourth-order valence-electron chi connectivity index (χ4n) is 2.28. The maximum atomic E-state index is 4.54. The molecule has 0 aliphatic carbocycles. The number of H-pyrrole nitrogens is 1. The van der Waals surface area contributed by atoms with Crippen molar-refractivity contribution in [1.82, 2.24) is 4.98 Å². The van der Waals surface area contributed by atoms with Crippen LogP contribution in [-0.2, 0) is 0 Å². The van der Waals surface area contributed by atoms with E-state index in [2.05, 4.69) is 48.1 Å². The summed E-state index contributed by atoms with van der Waals surface area (Å²) >= 11 is 0. The second-order valence-electron chi connectivity index (χ2n) is 5.28. The first-order valence-corrected chi connectivity index (χ1v) is 6.95. The summed E-state index contributed by atoms with van der Waals surface area (Å²) in [6.45, 7) is 4.39. The zero-order valence-electron chi connectivity index (χ0n) is 11.8. The number of rotatable bonds is 3. The van der Waals surface area contributed by atoms with Gasteiger partial charge in [-0.15, -0.1) is 0 Å². The monoisotopic (exact) mass is 262 g/mol. The molecule has 0 radical (unpaired) electrons. The first-order chi connectivity index (χ1) is 9.74. The lowest BCUT2D eigenvalue weighted by molar-refractivity contribution is 0.836. The van der Waals surface area contributed by atoms with Crippen LogP contribution in [0.1, 0.15) is 31.0 Å². The molecule has 0 aliphatic rings. The molecular formula is C18H18N2. The molecular weight excluding hydrogens is 244 g/mol. The molecule has 1 aromatic heterocycles. The third-order valence-corrected chi connectivity index (χ3v) is 3.44. The number of aromatic nitrogens is 1. The number of benzene rings is 2. The number of para-hydroxylation sites is 2. The van der Waals surface area contributed by atoms with Crippen molar-refractivity contribution in [3.05, 3.63) is 65.9 Å². The highest BCUT2D eigenvalue weighted by Gasteiger charge is 2.06. The SMILES string of the molecule is CC(C)c1cc2cccc(C=Nc3ccccc3)c2[nH]1. The zero-order chi connectivity index (χ0) is 13.9. The molecule has 0 bridgehead atoms. The Bertz CT molecular complexity index is 736. The van der Waals surface area contributed by atoms with Crippen LogP contribution < -0.4 is 0 Å². The van der Waals surface area contributed by atoms with E-state index < -0.39 is 0 Å². The van der Waals surface area contributed by atoms with Crippen LogP contribution in [0.15, 0.2) is 59.6 Å². The van der Waals surface area contributed by atoms with Crippen molar-refractivity contribution in [2.45, 2.75) is 19.8 Å². The number of nitrogens with one attached hydrogen (secondary N) is 1. The Morgan fingerprint density at radius 3 is 2.55 bits per heavy atom. The number of hydrogen-bond donors (Lipinski definition) is 1. The Labute approximate surface area is 119 Å². The topological polar surface area (TPSA) is 28.1 Å². The molecule has 1 N–H and O–H groups in total. The lowest BCUT2D eigenvalue weighted by atomic mass is 10.1. The van der Waals surface area contributed by atoms with Gasteiger partial charge in [0.25, 0.3) is 0 Å². The molecule has 0 aliphatic heterocycles. The van der Waals surface area contributed by atoms with Crippen molar-refractivity contribution in [2.24, 2.45) is 4.99 Å². The van der Waals surface area contributed by atoms with Gasteiger partial charge >= 0.3 is 0 Å². The predicted octanol–water partition coefficient (Wildman–Crippen LogP) is 5.04. The largest absolute Gasteiger partial charge is 0.358 e. The summed E-state index contributed by atoms with van der Waals surface area (Å²) in [5, 5.41) is 1.24. The maximum absolute atomic E-state index is 4.54. The Morgan fingerprint density at radius 1 is 1.00 bits per heavy atom. The quantitative estimate of drug-likeness (QED) is 0.640. The number of nitrogens with zero attached hydrogens (tertiary/aromatic N) is 1. The summed E-state index contributed by atoms with van der Waals surface area (Å²) in [6, 6.07) is 18.5. The second kappa shape index (κ2) is 5.33. The van der Waals surface area contributed by atoms with E-state index in [1.54, 1.807) is 0 Å². The third kappa shape index (κ3) is 2.50. The predicted molar refractivity (Wildman–Crippen MR) is 86.1 cm³/mol. The smallest absolute Gasteiger partial charge is 0.0629 e. The van der Waals surface area contributed by atoms with E-state index in [1.807, 2.05) is 36.5 Å². The molecule has 3 aromatic rings. The summed E-state index contributed by atoms with van der Waals surface area (Å²) in [7, 11) is 0. The lowest BCUT2D eigenvalue weighted by Crippen LogP contribution is -1.87. The van der Waals surface area contributed by atoms with Crippen molar-refractivity contribution in [1.29, 1.82) is 0 Å². The van der Waals surface area contributed by atoms with E-state index in [-0.39, 0.29) is 0 Å². The molecule has 0 fully saturated rings. The number of aromatic amines is 1. The first-order valence-electron chi connectivity index (χ1n) is 6.95. The van der Waals surface area contributed by atoms with Crippen LogP contribution in [0.3, 0.4) is 0 Å². The number of hydrogen-bond acceptors (Lipinski definition) is 1. The van der Waals surface area contributed by atoms with Crippen molar-refractivity contribution < 1.29 is 0 Å². The molecule has 0 unspecified atom stereocenters. The molecule has 0 saturated heterocycles. The van der Waals surface area contributed by atoms with Crippen LogP contribution in [0, 0.1) is 0 Å². The first kappa shape index (κ1) is 12.7. The molecule has 1 heterocycles. The van der Waals surface area contributed by atoms with Gasteiger partial charge in [0.1, 0.15) is 0 Å². The normalized spacial score (nSPS) is 11.8. The van der Waals surface area contributed by atoms with E-state index in [4.69, 9.17) is 0 Å². The van der Waals surface area contributed by atoms with Crippen LogP contribution >= 0.6 is 0 Å². The minimum atomic E-state index is 0.501. The van der Waals surface area contributed by atoms with Gasteiger partial charge < -0.3 is 4.98 Å². The molecule has 20 heavy (non-hydrogen) atoms. The Hall–Kier alpha value is -2.35. The second-order valence-corrected chi connectivity index (χ2v) is 5.28. The Morgan fingerprint density at radius 2 is 1.80 bits per heavy atom. The standard InChI is InChI=1S/C18H18N2/c1-13(2)17-11-14-7-6-8-15(18(14)20-17)12-19-16-9-4-3-5-10-16/h3-13,20H,1-2H3. The fraction of sp³-hybridized carbons (Fsp3) is 0.167. The Balaban J connectivity index is 2.01. The fourth-order valence-corrected chi connectivity index (χ4v) is 2.28. The van der Waals surface area contributed by atoms with Gasteiger partial charge in [-0.25, -0.2) is 0 Å².